The highest BCUT2D eigenvalue weighted by Gasteiger charge is 2.03. The zero-order valence-corrected chi connectivity index (χ0v) is 13.5. The van der Waals surface area contributed by atoms with Crippen LogP contribution >= 0.6 is 0 Å². The van der Waals surface area contributed by atoms with Gasteiger partial charge in [0.05, 0.1) is 5.69 Å². The van der Waals surface area contributed by atoms with Crippen molar-refractivity contribution in [1.82, 2.24) is 0 Å². The van der Waals surface area contributed by atoms with Crippen molar-refractivity contribution in [3.05, 3.63) is 109 Å². The maximum absolute atomic E-state index is 4.76. The third kappa shape index (κ3) is 4.20. The van der Waals surface area contributed by atoms with Crippen LogP contribution in [0.1, 0.15) is 11.1 Å². The highest BCUT2D eigenvalue weighted by atomic mass is 15.0. The molecule has 0 spiro atoms. The lowest BCUT2D eigenvalue weighted by atomic mass is 10.0. The number of hydrogen-bond acceptors (Lipinski definition) is 1. The van der Waals surface area contributed by atoms with E-state index in [-0.39, 0.29) is 0 Å². The normalized spacial score (nSPS) is 11.1. The fraction of sp³-hybridized carbons (Fsp3) is 0.0455. The monoisotopic (exact) mass is 312 g/mol. The molecule has 118 valence electrons. The standard InChI is InChI=1S/C22H20N2/c1-2-22(23-20-14-7-4-8-15-20)24-21-16-10-9-13-19(21)17-18-11-5-3-6-12-18/h2-16H,1,17H2,(H,23,24). The number of aliphatic imine (C=N–C) groups is 1. The van der Waals surface area contributed by atoms with Crippen LogP contribution in [0.5, 0.6) is 0 Å². The molecule has 0 aromatic heterocycles. The van der Waals surface area contributed by atoms with Crippen molar-refractivity contribution < 1.29 is 0 Å². The molecule has 0 amide bonds. The van der Waals surface area contributed by atoms with Gasteiger partial charge < -0.3 is 5.32 Å². The predicted octanol–water partition coefficient (Wildman–Crippen LogP) is 5.61. The molecule has 0 heterocycles. The Morgan fingerprint density at radius 3 is 2.17 bits per heavy atom. The lowest BCUT2D eigenvalue weighted by Gasteiger charge is -2.09. The minimum absolute atomic E-state index is 0.738. The van der Waals surface area contributed by atoms with Crippen molar-refractivity contribution in [1.29, 1.82) is 0 Å². The molecule has 3 aromatic carbocycles. The molecule has 0 aliphatic rings. The SMILES string of the molecule is C=CC(=Nc1ccccc1Cc1ccccc1)Nc1ccccc1. The molecule has 0 radical (unpaired) electrons. The number of rotatable bonds is 5. The van der Waals surface area contributed by atoms with Crippen molar-refractivity contribution in [3.63, 3.8) is 0 Å². The first-order valence-corrected chi connectivity index (χ1v) is 8.00. The number of hydrogen-bond donors (Lipinski definition) is 1. The van der Waals surface area contributed by atoms with E-state index in [2.05, 4.69) is 48.3 Å². The predicted molar refractivity (Wildman–Crippen MR) is 103 cm³/mol. The van der Waals surface area contributed by atoms with Gasteiger partial charge in [-0.15, -0.1) is 0 Å². The summed E-state index contributed by atoms with van der Waals surface area (Å²) in [4.78, 5) is 4.76. The Morgan fingerprint density at radius 1 is 0.833 bits per heavy atom. The van der Waals surface area contributed by atoms with Gasteiger partial charge in [0.25, 0.3) is 0 Å². The molecule has 3 rings (SSSR count). The molecule has 0 aliphatic carbocycles. The van der Waals surface area contributed by atoms with Crippen LogP contribution in [0.25, 0.3) is 0 Å². The molecule has 1 N–H and O–H groups in total. The smallest absolute Gasteiger partial charge is 0.130 e. The van der Waals surface area contributed by atoms with Crippen LogP contribution in [-0.2, 0) is 6.42 Å². The van der Waals surface area contributed by atoms with Crippen molar-refractivity contribution in [3.8, 4) is 0 Å². The third-order valence-corrected chi connectivity index (χ3v) is 3.71. The van der Waals surface area contributed by atoms with E-state index >= 15 is 0 Å². The lowest BCUT2D eigenvalue weighted by molar-refractivity contribution is 1.18. The van der Waals surface area contributed by atoms with E-state index in [0.29, 0.717) is 0 Å². The Bertz CT molecular complexity index is 821. The molecule has 2 nitrogen and oxygen atoms in total. The van der Waals surface area contributed by atoms with Crippen LogP contribution < -0.4 is 5.32 Å². The van der Waals surface area contributed by atoms with Gasteiger partial charge in [-0.1, -0.05) is 73.3 Å². The Labute approximate surface area is 143 Å². The molecule has 0 saturated carbocycles. The lowest BCUT2D eigenvalue weighted by Crippen LogP contribution is -2.08. The minimum Gasteiger partial charge on any atom is -0.340 e. The largest absolute Gasteiger partial charge is 0.340 e. The van der Waals surface area contributed by atoms with E-state index in [4.69, 9.17) is 4.99 Å². The van der Waals surface area contributed by atoms with E-state index < -0.39 is 0 Å². The maximum Gasteiger partial charge on any atom is 0.130 e. The quantitative estimate of drug-likeness (QED) is 0.481. The summed E-state index contributed by atoms with van der Waals surface area (Å²) >= 11 is 0. The van der Waals surface area contributed by atoms with Crippen molar-refractivity contribution in [2.45, 2.75) is 6.42 Å². The van der Waals surface area contributed by atoms with Gasteiger partial charge in [-0.2, -0.15) is 0 Å². The van der Waals surface area contributed by atoms with Crippen molar-refractivity contribution in [2.75, 3.05) is 5.32 Å². The van der Waals surface area contributed by atoms with Crippen LogP contribution in [0.3, 0.4) is 0 Å². The van der Waals surface area contributed by atoms with Gasteiger partial charge in [-0.25, -0.2) is 4.99 Å². The van der Waals surface area contributed by atoms with Crippen molar-refractivity contribution in [2.24, 2.45) is 4.99 Å². The number of amidine groups is 1. The second kappa shape index (κ2) is 7.93. The Balaban J connectivity index is 1.86. The molecule has 3 aromatic rings. The van der Waals surface area contributed by atoms with Gasteiger partial charge in [-0.05, 0) is 41.8 Å². The first kappa shape index (κ1) is 15.8. The number of nitrogens with one attached hydrogen (secondary N) is 1. The van der Waals surface area contributed by atoms with E-state index in [0.717, 1.165) is 23.6 Å². The van der Waals surface area contributed by atoms with Gasteiger partial charge in [-0.3, -0.25) is 0 Å². The molecular weight excluding hydrogens is 292 g/mol. The highest BCUT2D eigenvalue weighted by Crippen LogP contribution is 2.22. The summed E-state index contributed by atoms with van der Waals surface area (Å²) < 4.78 is 0. The molecular formula is C22H20N2. The molecule has 2 heteroatoms. The number of anilines is 1. The van der Waals surface area contributed by atoms with Gasteiger partial charge >= 0.3 is 0 Å². The van der Waals surface area contributed by atoms with Crippen LogP contribution in [0.4, 0.5) is 11.4 Å². The Hall–Kier alpha value is -3.13. The van der Waals surface area contributed by atoms with Gasteiger partial charge in [0.2, 0.25) is 0 Å². The molecule has 0 fully saturated rings. The summed E-state index contributed by atoms with van der Waals surface area (Å²) in [5.74, 6) is 0.738. The van der Waals surface area contributed by atoms with E-state index in [1.807, 2.05) is 48.5 Å². The molecule has 0 aliphatic heterocycles. The zero-order valence-electron chi connectivity index (χ0n) is 13.5. The first-order chi connectivity index (χ1) is 11.8. The topological polar surface area (TPSA) is 24.4 Å². The summed E-state index contributed by atoms with van der Waals surface area (Å²) in [6.45, 7) is 3.87. The summed E-state index contributed by atoms with van der Waals surface area (Å²) in [5, 5.41) is 3.30. The minimum atomic E-state index is 0.738. The van der Waals surface area contributed by atoms with Crippen molar-refractivity contribution >= 4 is 17.2 Å². The molecule has 0 unspecified atom stereocenters. The average Bonchev–Trinajstić information content (AvgIpc) is 2.64. The summed E-state index contributed by atoms with van der Waals surface area (Å²) in [6.07, 6.45) is 2.60. The first-order valence-electron chi connectivity index (χ1n) is 8.00. The zero-order chi connectivity index (χ0) is 16.6. The second-order valence-corrected chi connectivity index (χ2v) is 5.48. The fourth-order valence-electron chi connectivity index (χ4n) is 2.51. The highest BCUT2D eigenvalue weighted by molar-refractivity contribution is 6.04. The molecule has 24 heavy (non-hydrogen) atoms. The molecule has 0 bridgehead atoms. The summed E-state index contributed by atoms with van der Waals surface area (Å²) in [5.41, 5.74) is 4.42. The van der Waals surface area contributed by atoms with Crippen LogP contribution in [0.15, 0.2) is 103 Å². The Kier molecular flexibility index (Phi) is 5.21. The second-order valence-electron chi connectivity index (χ2n) is 5.48. The van der Waals surface area contributed by atoms with Crippen LogP contribution in [0.2, 0.25) is 0 Å². The van der Waals surface area contributed by atoms with Gasteiger partial charge in [0.1, 0.15) is 5.84 Å². The van der Waals surface area contributed by atoms with Gasteiger partial charge in [0, 0.05) is 5.69 Å². The summed E-state index contributed by atoms with van der Waals surface area (Å²) in [6, 6.07) is 28.6. The number of para-hydroxylation sites is 2. The number of benzene rings is 3. The fourth-order valence-corrected chi connectivity index (χ4v) is 2.51. The van der Waals surface area contributed by atoms with Gasteiger partial charge in [0.15, 0.2) is 0 Å². The third-order valence-electron chi connectivity index (χ3n) is 3.71. The van der Waals surface area contributed by atoms with Crippen LogP contribution in [0, 0.1) is 0 Å². The summed E-state index contributed by atoms with van der Waals surface area (Å²) in [7, 11) is 0. The maximum atomic E-state index is 4.76. The van der Waals surface area contributed by atoms with E-state index in [1.54, 1.807) is 6.08 Å². The Morgan fingerprint density at radius 2 is 1.46 bits per heavy atom. The molecule has 0 atom stereocenters. The van der Waals surface area contributed by atoms with E-state index in [9.17, 15) is 0 Å². The number of nitrogens with zero attached hydrogens (tertiary/aromatic N) is 1. The van der Waals surface area contributed by atoms with Crippen LogP contribution in [-0.4, -0.2) is 5.84 Å². The average molecular weight is 312 g/mol. The molecule has 0 saturated heterocycles. The van der Waals surface area contributed by atoms with E-state index in [1.165, 1.54) is 11.1 Å².